The Hall–Kier alpha value is -4.03. The van der Waals surface area contributed by atoms with E-state index in [1.165, 1.54) is 18.1 Å². The molecule has 0 spiro atoms. The molecule has 0 aliphatic carbocycles. The second kappa shape index (κ2) is 10.5. The number of benzene rings is 1. The lowest BCUT2D eigenvalue weighted by Crippen LogP contribution is -2.46. The molecule has 5 heterocycles. The molecule has 1 fully saturated rings. The Balaban J connectivity index is 1.49. The van der Waals surface area contributed by atoms with E-state index in [9.17, 15) is 4.79 Å². The average molecular weight is 552 g/mol. The summed E-state index contributed by atoms with van der Waals surface area (Å²) in [5.41, 5.74) is 3.16. The van der Waals surface area contributed by atoms with E-state index in [2.05, 4.69) is 20.0 Å². The fourth-order valence-corrected chi connectivity index (χ4v) is 5.50. The van der Waals surface area contributed by atoms with Crippen LogP contribution in [0.25, 0.3) is 11.0 Å². The summed E-state index contributed by atoms with van der Waals surface area (Å²) in [6, 6.07) is 2.76. The third-order valence-corrected chi connectivity index (χ3v) is 7.41. The number of pyridine rings is 1. The standard InChI is InChI=1S/C28H31F2N7O3/c1-4-5-17-10-22(39-3)24(30)26(23(17)29)36-14-18-12-31-27-21(11-19(33-27)15-35-6-8-40-9-7-35)25(18)37(28(36)38)20-13-32-34(2)16-20/h10-13,16H,4-9,14-15H2,1-3H3,(H,31,33). The molecular formula is C28H31F2N7O3. The molecule has 0 unspecified atom stereocenters. The van der Waals surface area contributed by atoms with Gasteiger partial charge in [-0.2, -0.15) is 5.10 Å². The van der Waals surface area contributed by atoms with Crippen LogP contribution in [0.3, 0.4) is 0 Å². The minimum absolute atomic E-state index is 0.0651. The SMILES string of the molecule is CCCc1cc(OC)c(F)c(N2Cc3cnc4[nH]c(CN5CCOCC5)cc4c3N(c3cnn(C)c3)C2=O)c1F. The van der Waals surface area contributed by atoms with Crippen molar-refractivity contribution >= 4 is 34.1 Å². The number of nitrogens with one attached hydrogen (secondary N) is 1. The smallest absolute Gasteiger partial charge is 0.334 e. The molecule has 0 saturated carbocycles. The van der Waals surface area contributed by atoms with Crippen LogP contribution < -0.4 is 14.5 Å². The van der Waals surface area contributed by atoms with Crippen LogP contribution in [0.4, 0.5) is 30.6 Å². The molecule has 0 radical (unpaired) electrons. The molecule has 40 heavy (non-hydrogen) atoms. The lowest BCUT2D eigenvalue weighted by atomic mass is 10.0. The fraction of sp³-hybridized carbons (Fsp3) is 0.393. The number of aromatic amines is 1. The third kappa shape index (κ3) is 4.46. The highest BCUT2D eigenvalue weighted by molar-refractivity contribution is 6.15. The molecule has 12 heteroatoms. The van der Waals surface area contributed by atoms with Crippen molar-refractivity contribution in [2.75, 3.05) is 43.2 Å². The van der Waals surface area contributed by atoms with Gasteiger partial charge in [0.25, 0.3) is 0 Å². The Morgan fingerprint density at radius 3 is 2.62 bits per heavy atom. The second-order valence-corrected chi connectivity index (χ2v) is 10.1. The number of aromatic nitrogens is 4. The molecular weight excluding hydrogens is 520 g/mol. The number of morpholine rings is 1. The minimum atomic E-state index is -0.925. The van der Waals surface area contributed by atoms with Gasteiger partial charge in [-0.1, -0.05) is 13.3 Å². The fourth-order valence-electron chi connectivity index (χ4n) is 5.50. The van der Waals surface area contributed by atoms with Crippen molar-refractivity contribution in [3.63, 3.8) is 0 Å². The number of fused-ring (bicyclic) bond motifs is 3. The molecule has 3 aromatic heterocycles. The molecule has 210 valence electrons. The number of H-pyrrole nitrogens is 1. The zero-order valence-corrected chi connectivity index (χ0v) is 22.7. The van der Waals surface area contributed by atoms with Gasteiger partial charge in [0.2, 0.25) is 0 Å². The molecule has 10 nitrogen and oxygen atoms in total. The number of urea groups is 1. The highest BCUT2D eigenvalue weighted by Crippen LogP contribution is 2.43. The van der Waals surface area contributed by atoms with Crippen molar-refractivity contribution in [3.8, 4) is 5.75 Å². The van der Waals surface area contributed by atoms with Gasteiger partial charge in [-0.15, -0.1) is 0 Å². The zero-order chi connectivity index (χ0) is 28.0. The number of carbonyl (C=O) groups is 1. The van der Waals surface area contributed by atoms with E-state index in [4.69, 9.17) is 9.47 Å². The summed E-state index contributed by atoms with van der Waals surface area (Å²) in [5.74, 6) is -1.81. The number of aryl methyl sites for hydroxylation is 2. The van der Waals surface area contributed by atoms with Gasteiger partial charge in [0, 0.05) is 55.7 Å². The van der Waals surface area contributed by atoms with Crippen LogP contribution in [0.2, 0.25) is 0 Å². The van der Waals surface area contributed by atoms with Crippen molar-refractivity contribution in [1.29, 1.82) is 0 Å². The van der Waals surface area contributed by atoms with Gasteiger partial charge >= 0.3 is 6.03 Å². The Morgan fingerprint density at radius 1 is 1.12 bits per heavy atom. The molecule has 2 aliphatic rings. The quantitative estimate of drug-likeness (QED) is 0.360. The highest BCUT2D eigenvalue weighted by atomic mass is 19.1. The van der Waals surface area contributed by atoms with E-state index < -0.39 is 23.4 Å². The number of carbonyl (C=O) groups excluding carboxylic acids is 1. The van der Waals surface area contributed by atoms with Crippen LogP contribution in [0.1, 0.15) is 30.2 Å². The maximum absolute atomic E-state index is 15.8. The Kier molecular flexibility index (Phi) is 6.88. The summed E-state index contributed by atoms with van der Waals surface area (Å²) in [5, 5.41) is 5.00. The van der Waals surface area contributed by atoms with Gasteiger partial charge in [0.05, 0.1) is 44.4 Å². The number of halogens is 2. The van der Waals surface area contributed by atoms with Gasteiger partial charge in [0.15, 0.2) is 17.4 Å². The summed E-state index contributed by atoms with van der Waals surface area (Å²) in [7, 11) is 3.07. The number of hydrogen-bond acceptors (Lipinski definition) is 6. The zero-order valence-electron chi connectivity index (χ0n) is 22.7. The first kappa shape index (κ1) is 26.2. The molecule has 1 N–H and O–H groups in total. The van der Waals surface area contributed by atoms with Crippen molar-refractivity contribution in [2.45, 2.75) is 32.9 Å². The molecule has 1 aromatic carbocycles. The summed E-state index contributed by atoms with van der Waals surface area (Å²) >= 11 is 0. The molecule has 0 bridgehead atoms. The van der Waals surface area contributed by atoms with Crippen molar-refractivity contribution in [2.24, 2.45) is 7.05 Å². The van der Waals surface area contributed by atoms with E-state index in [0.29, 0.717) is 55.2 Å². The first-order valence-electron chi connectivity index (χ1n) is 13.3. The summed E-state index contributed by atoms with van der Waals surface area (Å²) < 4.78 is 43.8. The lowest BCUT2D eigenvalue weighted by molar-refractivity contribution is 0.0337. The van der Waals surface area contributed by atoms with E-state index >= 15 is 8.78 Å². The number of ether oxygens (including phenoxy) is 2. The monoisotopic (exact) mass is 551 g/mol. The first-order chi connectivity index (χ1) is 19.4. The van der Waals surface area contributed by atoms with Crippen LogP contribution in [-0.4, -0.2) is 64.1 Å². The van der Waals surface area contributed by atoms with Crippen molar-refractivity contribution in [3.05, 3.63) is 59.2 Å². The Morgan fingerprint density at radius 2 is 1.93 bits per heavy atom. The van der Waals surface area contributed by atoms with Gasteiger partial charge in [-0.05, 0) is 24.1 Å². The van der Waals surface area contributed by atoms with Gasteiger partial charge in [-0.3, -0.25) is 19.4 Å². The normalized spacial score (nSPS) is 16.2. The number of methoxy groups -OCH3 is 1. The van der Waals surface area contributed by atoms with Crippen molar-refractivity contribution in [1.82, 2.24) is 24.6 Å². The molecule has 1 saturated heterocycles. The van der Waals surface area contributed by atoms with Crippen LogP contribution >= 0.6 is 0 Å². The van der Waals surface area contributed by atoms with E-state index in [-0.39, 0.29) is 17.9 Å². The highest BCUT2D eigenvalue weighted by Gasteiger charge is 2.39. The molecule has 6 rings (SSSR count). The molecule has 2 amide bonds. The predicted molar refractivity (Wildman–Crippen MR) is 146 cm³/mol. The average Bonchev–Trinajstić information content (AvgIpc) is 3.57. The van der Waals surface area contributed by atoms with Crippen LogP contribution in [0, 0.1) is 11.6 Å². The number of hydrogen-bond donors (Lipinski definition) is 1. The summed E-state index contributed by atoms with van der Waals surface area (Å²) in [6.45, 7) is 5.55. The Labute approximate surface area is 230 Å². The van der Waals surface area contributed by atoms with Gasteiger partial charge in [0.1, 0.15) is 11.3 Å². The van der Waals surface area contributed by atoms with Crippen LogP contribution in [0.5, 0.6) is 5.75 Å². The van der Waals surface area contributed by atoms with E-state index in [1.54, 1.807) is 30.3 Å². The van der Waals surface area contributed by atoms with E-state index in [1.807, 2.05) is 13.0 Å². The number of anilines is 3. The number of amides is 2. The Bertz CT molecular complexity index is 1580. The van der Waals surface area contributed by atoms with Gasteiger partial charge in [-0.25, -0.2) is 18.6 Å². The summed E-state index contributed by atoms with van der Waals surface area (Å²) in [4.78, 5) is 27.1. The van der Waals surface area contributed by atoms with Crippen LogP contribution in [-0.2, 0) is 31.3 Å². The topological polar surface area (TPSA) is 91.8 Å². The number of rotatable bonds is 7. The van der Waals surface area contributed by atoms with E-state index in [0.717, 1.165) is 29.1 Å². The number of nitrogens with zero attached hydrogens (tertiary/aromatic N) is 6. The second-order valence-electron chi connectivity index (χ2n) is 10.1. The summed E-state index contributed by atoms with van der Waals surface area (Å²) in [6.07, 6.45) is 5.92. The minimum Gasteiger partial charge on any atom is -0.494 e. The molecule has 2 aliphatic heterocycles. The van der Waals surface area contributed by atoms with Crippen molar-refractivity contribution < 1.29 is 23.0 Å². The maximum atomic E-state index is 15.8. The molecule has 0 atom stereocenters. The largest absolute Gasteiger partial charge is 0.494 e. The molecule has 4 aromatic rings. The van der Waals surface area contributed by atoms with Crippen LogP contribution in [0.15, 0.2) is 30.7 Å². The van der Waals surface area contributed by atoms with Gasteiger partial charge < -0.3 is 14.5 Å². The maximum Gasteiger partial charge on any atom is 0.334 e. The predicted octanol–water partition coefficient (Wildman–Crippen LogP) is 4.65. The first-order valence-corrected chi connectivity index (χ1v) is 13.3. The lowest BCUT2D eigenvalue weighted by Gasteiger charge is -2.37. The third-order valence-electron chi connectivity index (χ3n) is 7.41.